The van der Waals surface area contributed by atoms with E-state index in [1.54, 1.807) is 37.5 Å². The minimum atomic E-state index is -4.80. The Bertz CT molecular complexity index is 924. The number of anilines is 1. The van der Waals surface area contributed by atoms with E-state index in [0.29, 0.717) is 11.3 Å². The molecule has 0 radical (unpaired) electrons. The highest BCUT2D eigenvalue weighted by molar-refractivity contribution is 5.97. The summed E-state index contributed by atoms with van der Waals surface area (Å²) in [5.41, 5.74) is 1.72. The second-order valence-electron chi connectivity index (χ2n) is 5.50. The normalized spacial score (nSPS) is 12.8. The lowest BCUT2D eigenvalue weighted by molar-refractivity contribution is -0.274. The zero-order chi connectivity index (χ0) is 18.7. The predicted molar refractivity (Wildman–Crippen MR) is 89.6 cm³/mol. The third-order valence-corrected chi connectivity index (χ3v) is 3.68. The van der Waals surface area contributed by atoms with Crippen molar-refractivity contribution in [2.45, 2.75) is 12.4 Å². The molecule has 0 saturated heterocycles. The van der Waals surface area contributed by atoms with Crippen LogP contribution in [0.5, 0.6) is 5.75 Å². The van der Waals surface area contributed by atoms with Gasteiger partial charge in [-0.25, -0.2) is 0 Å². The van der Waals surface area contributed by atoms with E-state index >= 15 is 0 Å². The van der Waals surface area contributed by atoms with Gasteiger partial charge < -0.3 is 15.4 Å². The fraction of sp³-hybridized carbons (Fsp3) is 0.176. The fourth-order valence-corrected chi connectivity index (χ4v) is 2.58. The van der Waals surface area contributed by atoms with Crippen molar-refractivity contribution in [1.29, 1.82) is 0 Å². The summed E-state index contributed by atoms with van der Waals surface area (Å²) >= 11 is 0. The van der Waals surface area contributed by atoms with Gasteiger partial charge >= 0.3 is 6.36 Å². The minimum absolute atomic E-state index is 0.344. The number of fused-ring (bicyclic) bond motifs is 1. The topological polar surface area (TPSA) is 79.0 Å². The van der Waals surface area contributed by atoms with E-state index in [-0.39, 0.29) is 5.75 Å². The average Bonchev–Trinajstić information content (AvgIpc) is 3.02. The van der Waals surface area contributed by atoms with Crippen LogP contribution in [0.25, 0.3) is 10.9 Å². The van der Waals surface area contributed by atoms with Gasteiger partial charge in [0.05, 0.1) is 11.7 Å². The summed E-state index contributed by atoms with van der Waals surface area (Å²) in [7, 11) is 1.54. The maximum atomic E-state index is 12.6. The van der Waals surface area contributed by atoms with Gasteiger partial charge in [-0.15, -0.1) is 13.2 Å². The van der Waals surface area contributed by atoms with Crippen LogP contribution in [-0.4, -0.2) is 29.5 Å². The van der Waals surface area contributed by atoms with E-state index in [2.05, 4.69) is 25.6 Å². The van der Waals surface area contributed by atoms with Gasteiger partial charge in [0.15, 0.2) is 0 Å². The number of hydrogen-bond donors (Lipinski definition) is 3. The summed E-state index contributed by atoms with van der Waals surface area (Å²) < 4.78 is 41.0. The summed E-state index contributed by atoms with van der Waals surface area (Å²) in [5, 5.41) is 13.1. The van der Waals surface area contributed by atoms with Crippen LogP contribution in [0.1, 0.15) is 11.6 Å². The van der Waals surface area contributed by atoms with E-state index < -0.39 is 18.3 Å². The van der Waals surface area contributed by atoms with Crippen LogP contribution >= 0.6 is 0 Å². The third kappa shape index (κ3) is 4.12. The molecular formula is C17H15F3N4O2. The highest BCUT2D eigenvalue weighted by Gasteiger charge is 2.31. The van der Waals surface area contributed by atoms with Gasteiger partial charge in [0.25, 0.3) is 0 Å². The predicted octanol–water partition coefficient (Wildman–Crippen LogP) is 3.36. The van der Waals surface area contributed by atoms with Crippen molar-refractivity contribution in [1.82, 2.24) is 15.5 Å². The SMILES string of the molecule is CNC(C(=O)Nc1ccc2[nH]ncc2c1)c1cccc(OC(F)(F)F)c1. The summed E-state index contributed by atoms with van der Waals surface area (Å²) in [5.74, 6) is -0.803. The van der Waals surface area contributed by atoms with Crippen molar-refractivity contribution >= 4 is 22.5 Å². The summed E-state index contributed by atoms with van der Waals surface area (Å²) in [6.07, 6.45) is -3.17. The number of ether oxygens (including phenoxy) is 1. The van der Waals surface area contributed by atoms with E-state index in [0.717, 1.165) is 10.9 Å². The van der Waals surface area contributed by atoms with Gasteiger partial charge in [0, 0.05) is 11.1 Å². The van der Waals surface area contributed by atoms with Gasteiger partial charge in [0.2, 0.25) is 5.91 Å². The first-order valence-electron chi connectivity index (χ1n) is 7.63. The first kappa shape index (κ1) is 17.7. The molecule has 0 fully saturated rings. The molecule has 1 amide bonds. The molecule has 6 nitrogen and oxygen atoms in total. The molecule has 0 aliphatic heterocycles. The Kier molecular flexibility index (Phi) is 4.81. The molecule has 0 bridgehead atoms. The van der Waals surface area contributed by atoms with E-state index in [1.165, 1.54) is 18.2 Å². The number of amides is 1. The Balaban J connectivity index is 1.79. The van der Waals surface area contributed by atoms with Crippen molar-refractivity contribution < 1.29 is 22.7 Å². The molecule has 0 aliphatic rings. The minimum Gasteiger partial charge on any atom is -0.406 e. The Labute approximate surface area is 146 Å². The molecule has 26 heavy (non-hydrogen) atoms. The molecule has 1 unspecified atom stereocenters. The highest BCUT2D eigenvalue weighted by atomic mass is 19.4. The zero-order valence-electron chi connectivity index (χ0n) is 13.6. The number of alkyl halides is 3. The molecule has 0 spiro atoms. The average molecular weight is 364 g/mol. The van der Waals surface area contributed by atoms with Crippen LogP contribution in [0.4, 0.5) is 18.9 Å². The number of carbonyl (C=O) groups is 1. The van der Waals surface area contributed by atoms with Crippen LogP contribution < -0.4 is 15.4 Å². The summed E-state index contributed by atoms with van der Waals surface area (Å²) in [6, 6.07) is 9.65. The summed E-state index contributed by atoms with van der Waals surface area (Å²) in [4.78, 5) is 12.6. The van der Waals surface area contributed by atoms with Gasteiger partial charge in [-0.3, -0.25) is 9.89 Å². The molecule has 0 saturated carbocycles. The van der Waals surface area contributed by atoms with Crippen molar-refractivity contribution in [3.8, 4) is 5.75 Å². The number of aromatic amines is 1. The first-order valence-corrected chi connectivity index (χ1v) is 7.63. The summed E-state index contributed by atoms with van der Waals surface area (Å²) in [6.45, 7) is 0. The number of H-pyrrole nitrogens is 1. The number of carbonyl (C=O) groups excluding carboxylic acids is 1. The lowest BCUT2D eigenvalue weighted by Gasteiger charge is -2.18. The molecule has 2 aromatic carbocycles. The Morgan fingerprint density at radius 1 is 1.23 bits per heavy atom. The highest BCUT2D eigenvalue weighted by Crippen LogP contribution is 2.26. The molecule has 1 atom stereocenters. The van der Waals surface area contributed by atoms with Crippen LogP contribution in [0.15, 0.2) is 48.7 Å². The van der Waals surface area contributed by atoms with Gasteiger partial charge in [0.1, 0.15) is 11.8 Å². The third-order valence-electron chi connectivity index (χ3n) is 3.68. The van der Waals surface area contributed by atoms with Crippen LogP contribution in [0.3, 0.4) is 0 Å². The molecule has 3 N–H and O–H groups in total. The second-order valence-corrected chi connectivity index (χ2v) is 5.50. The Hall–Kier alpha value is -3.07. The van der Waals surface area contributed by atoms with Crippen LogP contribution in [0.2, 0.25) is 0 Å². The lowest BCUT2D eigenvalue weighted by atomic mass is 10.1. The molecule has 136 valence electrons. The van der Waals surface area contributed by atoms with E-state index in [4.69, 9.17) is 0 Å². The molecule has 3 aromatic rings. The second kappa shape index (κ2) is 7.04. The number of rotatable bonds is 5. The standard InChI is InChI=1S/C17H15F3N4O2/c1-21-15(10-3-2-4-13(8-10)26-17(18,19)20)16(25)23-12-5-6-14-11(7-12)9-22-24-14/h2-9,15,21H,1H3,(H,22,24)(H,23,25). The number of nitrogens with one attached hydrogen (secondary N) is 3. The van der Waals surface area contributed by atoms with Gasteiger partial charge in [-0.2, -0.15) is 5.10 Å². The van der Waals surface area contributed by atoms with Crippen molar-refractivity contribution in [3.05, 3.63) is 54.2 Å². The number of hydrogen-bond acceptors (Lipinski definition) is 4. The Morgan fingerprint density at radius 2 is 2.04 bits per heavy atom. The molecule has 1 heterocycles. The number of aromatic nitrogens is 2. The monoisotopic (exact) mass is 364 g/mol. The number of halogens is 3. The molecule has 1 aromatic heterocycles. The number of benzene rings is 2. The zero-order valence-corrected chi connectivity index (χ0v) is 13.6. The van der Waals surface area contributed by atoms with Crippen molar-refractivity contribution in [2.75, 3.05) is 12.4 Å². The smallest absolute Gasteiger partial charge is 0.406 e. The van der Waals surface area contributed by atoms with Crippen LogP contribution in [0, 0.1) is 0 Å². The van der Waals surface area contributed by atoms with Crippen molar-refractivity contribution in [2.24, 2.45) is 0 Å². The number of likely N-dealkylation sites (N-methyl/N-ethyl adjacent to an activating group) is 1. The lowest BCUT2D eigenvalue weighted by Crippen LogP contribution is -2.30. The fourth-order valence-electron chi connectivity index (χ4n) is 2.58. The molecule has 3 rings (SSSR count). The molecular weight excluding hydrogens is 349 g/mol. The largest absolute Gasteiger partial charge is 0.573 e. The first-order chi connectivity index (χ1) is 12.4. The van der Waals surface area contributed by atoms with E-state index in [1.807, 2.05) is 0 Å². The quantitative estimate of drug-likeness (QED) is 0.649. The van der Waals surface area contributed by atoms with Gasteiger partial charge in [-0.05, 0) is 42.9 Å². The molecule has 9 heteroatoms. The van der Waals surface area contributed by atoms with Crippen LogP contribution in [-0.2, 0) is 4.79 Å². The Morgan fingerprint density at radius 3 is 2.77 bits per heavy atom. The maximum absolute atomic E-state index is 12.6. The van der Waals surface area contributed by atoms with E-state index in [9.17, 15) is 18.0 Å². The maximum Gasteiger partial charge on any atom is 0.573 e. The molecule has 0 aliphatic carbocycles. The number of nitrogens with zero attached hydrogens (tertiary/aromatic N) is 1. The van der Waals surface area contributed by atoms with Gasteiger partial charge in [-0.1, -0.05) is 12.1 Å². The van der Waals surface area contributed by atoms with Crippen molar-refractivity contribution in [3.63, 3.8) is 0 Å².